The van der Waals surface area contributed by atoms with Gasteiger partial charge >= 0.3 is 5.97 Å². The van der Waals surface area contributed by atoms with Gasteiger partial charge < -0.3 is 25.0 Å². The van der Waals surface area contributed by atoms with Crippen LogP contribution in [0.15, 0.2) is 12.7 Å². The molecule has 4 unspecified atom stereocenters. The van der Waals surface area contributed by atoms with Crippen molar-refractivity contribution in [1.29, 1.82) is 0 Å². The monoisotopic (exact) mass is 405 g/mol. The molecule has 4 rings (SSSR count). The molecule has 10 nitrogen and oxygen atoms in total. The summed E-state index contributed by atoms with van der Waals surface area (Å²) in [6.45, 7) is 3.31. The van der Waals surface area contributed by atoms with Gasteiger partial charge in [-0.15, -0.1) is 0 Å². The van der Waals surface area contributed by atoms with Crippen LogP contribution in [0.4, 0.5) is 5.82 Å². The van der Waals surface area contributed by atoms with Gasteiger partial charge in [-0.05, 0) is 12.8 Å². The molecule has 2 aromatic heterocycles. The standard InChI is InChI=1S/C19H27N5O5/c1-10(2)19(27)28-7-12-14(25)15(26)18(29-12)24-9-22-13-16(20-8-21-17(13)24)23-11-5-3-4-6-11/h8-12,14-15,18,25-26H,3-7H2,1-2H3,(H,20,21,23). The van der Waals surface area contributed by atoms with E-state index in [0.29, 0.717) is 23.0 Å². The number of nitrogens with zero attached hydrogens (tertiary/aromatic N) is 4. The third kappa shape index (κ3) is 3.92. The molecule has 2 fully saturated rings. The largest absolute Gasteiger partial charge is 0.463 e. The van der Waals surface area contributed by atoms with Crippen LogP contribution < -0.4 is 5.32 Å². The van der Waals surface area contributed by atoms with Gasteiger partial charge in [0.05, 0.1) is 12.2 Å². The molecule has 29 heavy (non-hydrogen) atoms. The fraction of sp³-hybridized carbons (Fsp3) is 0.684. The Hall–Kier alpha value is -2.30. The molecule has 2 aromatic rings. The summed E-state index contributed by atoms with van der Waals surface area (Å²) in [6, 6.07) is 0.369. The van der Waals surface area contributed by atoms with Crippen molar-refractivity contribution >= 4 is 23.0 Å². The number of hydrogen-bond donors (Lipinski definition) is 3. The predicted octanol–water partition coefficient (Wildman–Crippen LogP) is 0.999. The number of fused-ring (bicyclic) bond motifs is 1. The first kappa shape index (κ1) is 20.0. The summed E-state index contributed by atoms with van der Waals surface area (Å²) in [5, 5.41) is 24.3. The lowest BCUT2D eigenvalue weighted by Gasteiger charge is -2.17. The van der Waals surface area contributed by atoms with Crippen LogP contribution in [0.5, 0.6) is 0 Å². The summed E-state index contributed by atoms with van der Waals surface area (Å²) >= 11 is 0. The van der Waals surface area contributed by atoms with Gasteiger partial charge in [0.1, 0.15) is 31.2 Å². The average molecular weight is 405 g/mol. The summed E-state index contributed by atoms with van der Waals surface area (Å²) in [5.74, 6) is -0.0207. The van der Waals surface area contributed by atoms with Crippen molar-refractivity contribution in [2.75, 3.05) is 11.9 Å². The number of esters is 1. The van der Waals surface area contributed by atoms with Crippen molar-refractivity contribution < 1.29 is 24.5 Å². The lowest BCUT2D eigenvalue weighted by atomic mass is 10.1. The quantitative estimate of drug-likeness (QED) is 0.602. The number of aromatic nitrogens is 4. The van der Waals surface area contributed by atoms with Crippen molar-refractivity contribution in [3.8, 4) is 0 Å². The molecule has 0 bridgehead atoms. The van der Waals surface area contributed by atoms with E-state index < -0.39 is 24.5 Å². The fourth-order valence-electron chi connectivity index (χ4n) is 3.83. The van der Waals surface area contributed by atoms with Crippen LogP contribution in [0, 0.1) is 5.92 Å². The number of hydrogen-bond acceptors (Lipinski definition) is 9. The summed E-state index contributed by atoms with van der Waals surface area (Å²) in [4.78, 5) is 24.7. The minimum absolute atomic E-state index is 0.137. The molecule has 1 saturated carbocycles. The third-order valence-corrected chi connectivity index (χ3v) is 5.53. The van der Waals surface area contributed by atoms with Crippen molar-refractivity contribution in [2.45, 2.75) is 70.1 Å². The van der Waals surface area contributed by atoms with Crippen LogP contribution in [0.25, 0.3) is 11.2 Å². The van der Waals surface area contributed by atoms with Gasteiger partial charge in [0.15, 0.2) is 23.2 Å². The van der Waals surface area contributed by atoms with E-state index in [9.17, 15) is 15.0 Å². The number of nitrogens with one attached hydrogen (secondary N) is 1. The first-order chi connectivity index (χ1) is 14.0. The van der Waals surface area contributed by atoms with Crippen LogP contribution in [0.1, 0.15) is 45.8 Å². The minimum atomic E-state index is -1.21. The van der Waals surface area contributed by atoms with Crippen LogP contribution in [-0.2, 0) is 14.3 Å². The Morgan fingerprint density at radius 2 is 2.03 bits per heavy atom. The summed E-state index contributed by atoms with van der Waals surface area (Å²) in [6.07, 6.45) is 3.40. The predicted molar refractivity (Wildman–Crippen MR) is 103 cm³/mol. The highest BCUT2D eigenvalue weighted by Gasteiger charge is 2.45. The molecular weight excluding hydrogens is 378 g/mol. The van der Waals surface area contributed by atoms with Crippen molar-refractivity contribution in [2.24, 2.45) is 5.92 Å². The van der Waals surface area contributed by atoms with Crippen LogP contribution in [0.3, 0.4) is 0 Å². The van der Waals surface area contributed by atoms with E-state index in [0.717, 1.165) is 12.8 Å². The van der Waals surface area contributed by atoms with Gasteiger partial charge in [0, 0.05) is 6.04 Å². The van der Waals surface area contributed by atoms with E-state index in [1.807, 2.05) is 0 Å². The lowest BCUT2D eigenvalue weighted by Crippen LogP contribution is -2.34. The smallest absolute Gasteiger partial charge is 0.308 e. The van der Waals surface area contributed by atoms with Gasteiger partial charge in [-0.25, -0.2) is 15.0 Å². The number of anilines is 1. The minimum Gasteiger partial charge on any atom is -0.463 e. The Kier molecular flexibility index (Phi) is 5.66. The second-order valence-electron chi connectivity index (χ2n) is 8.00. The third-order valence-electron chi connectivity index (χ3n) is 5.53. The summed E-state index contributed by atoms with van der Waals surface area (Å²) < 4.78 is 12.5. The zero-order valence-electron chi connectivity index (χ0n) is 16.6. The second kappa shape index (κ2) is 8.21. The Morgan fingerprint density at radius 3 is 2.76 bits per heavy atom. The van der Waals surface area contributed by atoms with Crippen LogP contribution in [0.2, 0.25) is 0 Å². The first-order valence-electron chi connectivity index (χ1n) is 10.1. The molecule has 1 aliphatic heterocycles. The second-order valence-corrected chi connectivity index (χ2v) is 8.00. The number of carbonyl (C=O) groups excluding carboxylic acids is 1. The Labute approximate surface area is 168 Å². The highest BCUT2D eigenvalue weighted by molar-refractivity contribution is 5.82. The number of carbonyl (C=O) groups is 1. The van der Waals surface area contributed by atoms with Gasteiger partial charge in [-0.2, -0.15) is 0 Å². The summed E-state index contributed by atoms with van der Waals surface area (Å²) in [7, 11) is 0. The highest BCUT2D eigenvalue weighted by atomic mass is 16.6. The van der Waals surface area contributed by atoms with Crippen molar-refractivity contribution in [3.05, 3.63) is 12.7 Å². The van der Waals surface area contributed by atoms with Crippen LogP contribution in [-0.4, -0.2) is 66.7 Å². The molecule has 0 radical (unpaired) electrons. The topological polar surface area (TPSA) is 132 Å². The van der Waals surface area contributed by atoms with Crippen molar-refractivity contribution in [3.63, 3.8) is 0 Å². The molecule has 3 N–H and O–H groups in total. The van der Waals surface area contributed by atoms with E-state index in [-0.39, 0.29) is 18.5 Å². The van der Waals surface area contributed by atoms with Gasteiger partial charge in [-0.1, -0.05) is 26.7 Å². The van der Waals surface area contributed by atoms with E-state index in [2.05, 4.69) is 20.3 Å². The van der Waals surface area contributed by atoms with E-state index in [4.69, 9.17) is 9.47 Å². The molecule has 1 aliphatic carbocycles. The maximum Gasteiger partial charge on any atom is 0.308 e. The molecule has 0 aromatic carbocycles. The number of aliphatic hydroxyl groups excluding tert-OH is 2. The number of imidazole rings is 1. The van der Waals surface area contributed by atoms with Gasteiger partial charge in [0.2, 0.25) is 0 Å². The molecule has 4 atom stereocenters. The van der Waals surface area contributed by atoms with Crippen molar-refractivity contribution in [1.82, 2.24) is 19.5 Å². The molecule has 0 spiro atoms. The van der Waals surface area contributed by atoms with Gasteiger partial charge in [-0.3, -0.25) is 9.36 Å². The lowest BCUT2D eigenvalue weighted by molar-refractivity contribution is -0.153. The van der Waals surface area contributed by atoms with E-state index in [1.165, 1.54) is 25.5 Å². The Bertz CT molecular complexity index is 866. The molecule has 2 aliphatic rings. The molecule has 1 saturated heterocycles. The molecule has 10 heteroatoms. The molecule has 0 amide bonds. The van der Waals surface area contributed by atoms with E-state index in [1.54, 1.807) is 18.4 Å². The maximum absolute atomic E-state index is 11.7. The SMILES string of the molecule is CC(C)C(=O)OCC1OC(n2cnc3c(NC4CCCC4)ncnc32)C(O)C1O. The van der Waals surface area contributed by atoms with E-state index >= 15 is 0 Å². The normalized spacial score (nSPS) is 27.8. The first-order valence-corrected chi connectivity index (χ1v) is 10.1. The zero-order chi connectivity index (χ0) is 20.5. The maximum atomic E-state index is 11.7. The Morgan fingerprint density at radius 1 is 1.28 bits per heavy atom. The fourth-order valence-corrected chi connectivity index (χ4v) is 3.83. The number of rotatable bonds is 6. The van der Waals surface area contributed by atoms with Gasteiger partial charge in [0.25, 0.3) is 0 Å². The Balaban J connectivity index is 1.52. The number of aliphatic hydroxyl groups is 2. The molecule has 158 valence electrons. The molecular formula is C19H27N5O5. The number of ether oxygens (including phenoxy) is 2. The molecule has 3 heterocycles. The van der Waals surface area contributed by atoms with Crippen LogP contribution >= 0.6 is 0 Å². The average Bonchev–Trinajstić information content (AvgIpc) is 3.42. The highest BCUT2D eigenvalue weighted by Crippen LogP contribution is 2.33. The summed E-state index contributed by atoms with van der Waals surface area (Å²) in [5.41, 5.74) is 1.08. The zero-order valence-corrected chi connectivity index (χ0v) is 16.6.